The summed E-state index contributed by atoms with van der Waals surface area (Å²) < 4.78 is 65.0. The van der Waals surface area contributed by atoms with Crippen LogP contribution in [0.3, 0.4) is 0 Å². The van der Waals surface area contributed by atoms with E-state index in [4.69, 9.17) is 13.8 Å². The van der Waals surface area contributed by atoms with Gasteiger partial charge in [0.2, 0.25) is 5.95 Å². The largest absolute Gasteiger partial charge is 0.378 e. The first-order chi connectivity index (χ1) is 19.7. The monoisotopic (exact) mass is 560 g/mol. The van der Waals surface area contributed by atoms with Gasteiger partial charge in [-0.2, -0.15) is 4.98 Å². The van der Waals surface area contributed by atoms with E-state index in [-0.39, 0.29) is 36.6 Å². The first-order valence-electron chi connectivity index (χ1n) is 14.6. The second-order valence-electron chi connectivity index (χ2n) is 10.8. The van der Waals surface area contributed by atoms with Crippen LogP contribution < -0.4 is 15.1 Å². The zero-order valence-electron chi connectivity index (χ0n) is 25.5. The average Bonchev–Trinajstić information content (AvgIpc) is 2.90. The van der Waals surface area contributed by atoms with E-state index < -0.39 is 29.2 Å². The highest BCUT2D eigenvalue weighted by Gasteiger charge is 2.38. The quantitative estimate of drug-likeness (QED) is 0.437. The molecule has 3 aromatic heterocycles. The SMILES string of the molecule is [2H]C([2H])([2H])O[C@H]1CCN(c2nccc(Nc3cc4c(C(C)C)ncc(N5C[C@H](CS(C)(=O)=O)[C@H]5C)c4cn3)n2)C[C@H]1F. The van der Waals surface area contributed by atoms with Crippen LogP contribution in [-0.2, 0) is 14.6 Å². The van der Waals surface area contributed by atoms with Crippen molar-refractivity contribution in [3.8, 4) is 0 Å². The summed E-state index contributed by atoms with van der Waals surface area (Å²) >= 11 is 0. The topological polar surface area (TPSA) is 113 Å². The summed E-state index contributed by atoms with van der Waals surface area (Å²) in [6.45, 7) is 7.09. The molecule has 4 atom stereocenters. The Kier molecular flexibility index (Phi) is 6.58. The van der Waals surface area contributed by atoms with Crippen molar-refractivity contribution in [1.82, 2.24) is 19.9 Å². The third kappa shape index (κ3) is 5.76. The molecule has 1 N–H and O–H groups in total. The molecule has 0 amide bonds. The summed E-state index contributed by atoms with van der Waals surface area (Å²) in [5, 5.41) is 5.09. The molecule has 10 nitrogen and oxygen atoms in total. The molecule has 0 unspecified atom stereocenters. The van der Waals surface area contributed by atoms with Crippen molar-refractivity contribution in [2.45, 2.75) is 51.4 Å². The summed E-state index contributed by atoms with van der Waals surface area (Å²) in [6, 6.07) is 3.67. The third-order valence-corrected chi connectivity index (χ3v) is 8.61. The summed E-state index contributed by atoms with van der Waals surface area (Å²) in [6.07, 6.45) is 4.19. The van der Waals surface area contributed by atoms with Crippen LogP contribution in [-0.4, -0.2) is 85.4 Å². The molecule has 2 aliphatic rings. The number of ether oxygens (including phenoxy) is 1. The molecule has 0 spiro atoms. The van der Waals surface area contributed by atoms with Gasteiger partial charge in [0.25, 0.3) is 0 Å². The minimum atomic E-state index is -3.06. The van der Waals surface area contributed by atoms with Crippen LogP contribution in [0.25, 0.3) is 10.8 Å². The maximum atomic E-state index is 14.7. The molecule has 2 saturated heterocycles. The molecule has 0 aliphatic carbocycles. The molecule has 5 heterocycles. The van der Waals surface area contributed by atoms with Gasteiger partial charge in [0.1, 0.15) is 27.6 Å². The van der Waals surface area contributed by atoms with Crippen LogP contribution >= 0.6 is 0 Å². The minimum absolute atomic E-state index is 0.0564. The van der Waals surface area contributed by atoms with E-state index in [0.717, 1.165) is 22.2 Å². The summed E-state index contributed by atoms with van der Waals surface area (Å²) in [4.78, 5) is 22.1. The highest BCUT2D eigenvalue weighted by molar-refractivity contribution is 7.90. The molecule has 39 heavy (non-hydrogen) atoms. The van der Waals surface area contributed by atoms with Crippen LogP contribution in [0.2, 0.25) is 0 Å². The van der Waals surface area contributed by atoms with Crippen LogP contribution in [0.5, 0.6) is 0 Å². The van der Waals surface area contributed by atoms with Gasteiger partial charge in [0, 0.05) is 61.5 Å². The lowest BCUT2D eigenvalue weighted by Gasteiger charge is -2.48. The fraction of sp³-hybridized carbons (Fsp3) is 0.556. The van der Waals surface area contributed by atoms with Crippen molar-refractivity contribution in [3.63, 3.8) is 0 Å². The van der Waals surface area contributed by atoms with Gasteiger partial charge < -0.3 is 19.9 Å². The molecule has 2 fully saturated rings. The number of aromatic nitrogens is 4. The second-order valence-corrected chi connectivity index (χ2v) is 13.0. The fourth-order valence-electron chi connectivity index (χ4n) is 5.38. The Labute approximate surface area is 233 Å². The Morgan fingerprint density at radius 2 is 2.03 bits per heavy atom. The summed E-state index contributed by atoms with van der Waals surface area (Å²) in [5.41, 5.74) is 1.83. The lowest BCUT2D eigenvalue weighted by molar-refractivity contribution is 0.0194. The Morgan fingerprint density at radius 3 is 2.72 bits per heavy atom. The molecule has 12 heteroatoms. The van der Waals surface area contributed by atoms with E-state index in [9.17, 15) is 12.8 Å². The number of hydrogen-bond acceptors (Lipinski definition) is 10. The first-order valence-corrected chi connectivity index (χ1v) is 15.1. The van der Waals surface area contributed by atoms with Crippen molar-refractivity contribution >= 4 is 43.9 Å². The lowest BCUT2D eigenvalue weighted by Crippen LogP contribution is -2.57. The van der Waals surface area contributed by atoms with E-state index >= 15 is 0 Å². The Balaban J connectivity index is 1.35. The zero-order chi connectivity index (χ0) is 30.4. The number of alkyl halides is 1. The smallest absolute Gasteiger partial charge is 0.227 e. The van der Waals surface area contributed by atoms with Crippen molar-refractivity contribution < 1.29 is 21.7 Å². The molecule has 0 radical (unpaired) electrons. The fourth-order valence-corrected chi connectivity index (χ4v) is 6.55. The molecule has 3 aromatic rings. The number of methoxy groups -OCH3 is 1. The van der Waals surface area contributed by atoms with E-state index in [2.05, 4.69) is 39.0 Å². The van der Waals surface area contributed by atoms with Crippen molar-refractivity contribution in [3.05, 3.63) is 36.4 Å². The van der Waals surface area contributed by atoms with Gasteiger partial charge in [-0.3, -0.25) is 4.98 Å². The maximum Gasteiger partial charge on any atom is 0.227 e. The number of fused-ring (bicyclic) bond motifs is 1. The van der Waals surface area contributed by atoms with Crippen molar-refractivity contribution in [2.24, 2.45) is 5.92 Å². The molecular formula is C27H36FN7O3S. The van der Waals surface area contributed by atoms with E-state index in [1.165, 1.54) is 6.26 Å². The predicted molar refractivity (Wildman–Crippen MR) is 151 cm³/mol. The number of nitrogens with zero attached hydrogens (tertiary/aromatic N) is 6. The highest BCUT2D eigenvalue weighted by atomic mass is 32.2. The number of halogens is 1. The number of anilines is 4. The van der Waals surface area contributed by atoms with Crippen LogP contribution in [0, 0.1) is 5.92 Å². The van der Waals surface area contributed by atoms with Crippen molar-refractivity contribution in [1.29, 1.82) is 0 Å². The van der Waals surface area contributed by atoms with Crippen molar-refractivity contribution in [2.75, 3.05) is 53.8 Å². The highest BCUT2D eigenvalue weighted by Crippen LogP contribution is 2.38. The minimum Gasteiger partial charge on any atom is -0.378 e. The number of hydrogen-bond donors (Lipinski definition) is 1. The van der Waals surface area contributed by atoms with Crippen LogP contribution in [0.1, 0.15) is 42.9 Å². The van der Waals surface area contributed by atoms with E-state index in [0.29, 0.717) is 30.7 Å². The predicted octanol–water partition coefficient (Wildman–Crippen LogP) is 3.72. The first kappa shape index (κ1) is 23.7. The lowest BCUT2D eigenvalue weighted by atomic mass is 9.90. The number of rotatable bonds is 8. The van der Waals surface area contributed by atoms with Crippen LogP contribution in [0.4, 0.5) is 27.7 Å². The number of sulfone groups is 1. The van der Waals surface area contributed by atoms with Gasteiger partial charge >= 0.3 is 0 Å². The average molecular weight is 561 g/mol. The Bertz CT molecular complexity index is 1560. The Hall–Kier alpha value is -3.12. The van der Waals surface area contributed by atoms with E-state index in [1.807, 2.05) is 19.2 Å². The normalized spacial score (nSPS) is 25.2. The van der Waals surface area contributed by atoms with Gasteiger partial charge in [-0.1, -0.05) is 13.8 Å². The second kappa shape index (κ2) is 10.8. The zero-order valence-corrected chi connectivity index (χ0v) is 23.3. The number of piperidine rings is 1. The van der Waals surface area contributed by atoms with Crippen LogP contribution in [0.15, 0.2) is 30.7 Å². The maximum absolute atomic E-state index is 14.7. The van der Waals surface area contributed by atoms with Gasteiger partial charge in [-0.15, -0.1) is 0 Å². The Morgan fingerprint density at radius 1 is 1.21 bits per heavy atom. The summed E-state index contributed by atoms with van der Waals surface area (Å²) in [5.74, 6) is 1.71. The molecule has 0 aromatic carbocycles. The molecule has 2 aliphatic heterocycles. The van der Waals surface area contributed by atoms with Gasteiger partial charge in [-0.25, -0.2) is 22.8 Å². The third-order valence-electron chi connectivity index (χ3n) is 7.57. The molecule has 0 bridgehead atoms. The molecule has 0 saturated carbocycles. The molecule has 5 rings (SSSR count). The summed E-state index contributed by atoms with van der Waals surface area (Å²) in [7, 11) is -5.71. The standard InChI is InChI=1S/C27H36FN7O3S/c1-16(2)26-19-10-25(32-24-6-8-29-27(33-24)34-9-7-23(38-4)21(28)14-34)30-11-20(19)22(12-31-26)35-13-18(17(35)3)15-39(5,36)37/h6,8,10-12,16-18,21,23H,7,9,13-15H2,1-5H3,(H,29,30,32,33)/t17-,18-,21-,23+/m1/s1/i4D3. The van der Waals surface area contributed by atoms with E-state index in [1.54, 1.807) is 23.4 Å². The van der Waals surface area contributed by atoms with Gasteiger partial charge in [0.05, 0.1) is 40.1 Å². The van der Waals surface area contributed by atoms with Gasteiger partial charge in [0.15, 0.2) is 0 Å². The molecular weight excluding hydrogens is 521 g/mol. The molecule has 210 valence electrons. The van der Waals surface area contributed by atoms with Gasteiger partial charge in [-0.05, 0) is 31.4 Å². The number of nitrogens with one attached hydrogen (secondary N) is 1. The number of pyridine rings is 2.